The molecule has 0 aliphatic carbocycles. The molecule has 110 valence electrons. The van der Waals surface area contributed by atoms with Crippen LogP contribution >= 0.6 is 22.7 Å². The highest BCUT2D eigenvalue weighted by molar-refractivity contribution is 7.25. The van der Waals surface area contributed by atoms with Crippen molar-refractivity contribution in [2.24, 2.45) is 0 Å². The Labute approximate surface area is 130 Å². The molecule has 0 atom stereocenters. The molecule has 0 saturated carbocycles. The monoisotopic (exact) mass is 321 g/mol. The lowest BCUT2D eigenvalue weighted by molar-refractivity contribution is 0.630. The second-order valence-electron chi connectivity index (χ2n) is 4.79. The van der Waals surface area contributed by atoms with E-state index in [1.165, 1.54) is 6.07 Å². The van der Waals surface area contributed by atoms with E-state index in [0.29, 0.717) is 0 Å². The van der Waals surface area contributed by atoms with E-state index in [2.05, 4.69) is 28.5 Å². The van der Waals surface area contributed by atoms with Gasteiger partial charge in [0.05, 0.1) is 4.88 Å². The van der Waals surface area contributed by atoms with Crippen molar-refractivity contribution >= 4 is 32.8 Å². The molecule has 1 aromatic carbocycles. The summed E-state index contributed by atoms with van der Waals surface area (Å²) in [6.07, 6.45) is 2.04. The summed E-state index contributed by atoms with van der Waals surface area (Å²) >= 11 is 3.18. The fourth-order valence-corrected chi connectivity index (χ4v) is 4.03. The summed E-state index contributed by atoms with van der Waals surface area (Å²) in [5.74, 6) is -0.198. The summed E-state index contributed by atoms with van der Waals surface area (Å²) < 4.78 is 14.2. The molecule has 0 bridgehead atoms. The summed E-state index contributed by atoms with van der Waals surface area (Å²) in [5, 5.41) is 14.9. The maximum Gasteiger partial charge on any atom is 0.157 e. The van der Waals surface area contributed by atoms with Crippen molar-refractivity contribution in [1.82, 2.24) is 15.5 Å². The Kier molecular flexibility index (Phi) is 4.57. The van der Waals surface area contributed by atoms with Crippen molar-refractivity contribution in [3.8, 4) is 9.88 Å². The molecule has 2 heterocycles. The first-order valence-corrected chi connectivity index (χ1v) is 8.62. The Morgan fingerprint density at radius 1 is 1.14 bits per heavy atom. The summed E-state index contributed by atoms with van der Waals surface area (Å²) in [6, 6.07) is 6.92. The van der Waals surface area contributed by atoms with Crippen LogP contribution in [0.1, 0.15) is 18.4 Å². The molecule has 1 N–H and O–H groups in total. The Morgan fingerprint density at radius 2 is 2.05 bits per heavy atom. The lowest BCUT2D eigenvalue weighted by Crippen LogP contribution is -2.17. The Morgan fingerprint density at radius 3 is 2.90 bits per heavy atom. The van der Waals surface area contributed by atoms with Gasteiger partial charge in [0.1, 0.15) is 10.8 Å². The minimum absolute atomic E-state index is 0.198. The van der Waals surface area contributed by atoms with Gasteiger partial charge in [0, 0.05) is 17.7 Å². The van der Waals surface area contributed by atoms with Gasteiger partial charge in [0.2, 0.25) is 0 Å². The highest BCUT2D eigenvalue weighted by Crippen LogP contribution is 2.35. The van der Waals surface area contributed by atoms with Gasteiger partial charge >= 0.3 is 0 Å². The van der Waals surface area contributed by atoms with E-state index in [1.54, 1.807) is 34.8 Å². The first-order valence-electron chi connectivity index (χ1n) is 6.99. The third kappa shape index (κ3) is 3.45. The zero-order valence-electron chi connectivity index (χ0n) is 11.7. The Balaban J connectivity index is 1.75. The molecule has 6 heteroatoms. The van der Waals surface area contributed by atoms with Crippen molar-refractivity contribution in [2.45, 2.75) is 19.8 Å². The standard InChI is InChI=1S/C15H16FN3S2/c1-2-6-17-7-5-14-18-19-15(21-14)13-8-10-3-4-11(16)9-12(10)20-13/h3-4,8-9,17H,2,5-7H2,1H3. The molecule has 21 heavy (non-hydrogen) atoms. The molecule has 3 rings (SSSR count). The Bertz CT molecular complexity index is 735. The molecule has 0 unspecified atom stereocenters. The highest BCUT2D eigenvalue weighted by atomic mass is 32.1. The predicted octanol–water partition coefficient (Wildman–Crippen LogP) is 4.10. The average molecular weight is 321 g/mol. The van der Waals surface area contributed by atoms with Gasteiger partial charge in [-0.15, -0.1) is 21.5 Å². The zero-order chi connectivity index (χ0) is 14.7. The maximum atomic E-state index is 13.2. The quantitative estimate of drug-likeness (QED) is 0.695. The van der Waals surface area contributed by atoms with Crippen LogP contribution in [0, 0.1) is 5.82 Å². The molecule has 3 nitrogen and oxygen atoms in total. The fraction of sp³-hybridized carbons (Fsp3) is 0.333. The first-order chi connectivity index (χ1) is 10.3. The van der Waals surface area contributed by atoms with Crippen molar-refractivity contribution in [3.63, 3.8) is 0 Å². The number of benzene rings is 1. The first kappa shape index (κ1) is 14.6. The van der Waals surface area contributed by atoms with E-state index in [4.69, 9.17) is 0 Å². The van der Waals surface area contributed by atoms with Crippen LogP contribution in [-0.2, 0) is 6.42 Å². The second-order valence-corrected chi connectivity index (χ2v) is 6.94. The number of halogens is 1. The fourth-order valence-electron chi connectivity index (χ4n) is 2.06. The number of fused-ring (bicyclic) bond motifs is 1. The molecule has 0 aliphatic rings. The van der Waals surface area contributed by atoms with Crippen LogP contribution in [0.25, 0.3) is 20.0 Å². The number of nitrogens with one attached hydrogen (secondary N) is 1. The predicted molar refractivity (Wildman–Crippen MR) is 87.6 cm³/mol. The van der Waals surface area contributed by atoms with Crippen LogP contribution in [0.15, 0.2) is 24.3 Å². The van der Waals surface area contributed by atoms with Gasteiger partial charge in [-0.1, -0.05) is 24.3 Å². The van der Waals surface area contributed by atoms with Crippen LogP contribution in [0.3, 0.4) is 0 Å². The third-order valence-electron chi connectivity index (χ3n) is 3.10. The van der Waals surface area contributed by atoms with E-state index >= 15 is 0 Å². The van der Waals surface area contributed by atoms with Gasteiger partial charge < -0.3 is 5.32 Å². The number of hydrogen-bond donors (Lipinski definition) is 1. The van der Waals surface area contributed by atoms with Gasteiger partial charge in [0.15, 0.2) is 5.01 Å². The van der Waals surface area contributed by atoms with Crippen LogP contribution in [-0.4, -0.2) is 23.3 Å². The minimum Gasteiger partial charge on any atom is -0.316 e. The molecule has 3 aromatic rings. The molecule has 0 amide bonds. The molecular weight excluding hydrogens is 305 g/mol. The smallest absolute Gasteiger partial charge is 0.157 e. The van der Waals surface area contributed by atoms with E-state index in [0.717, 1.165) is 50.9 Å². The van der Waals surface area contributed by atoms with E-state index in [-0.39, 0.29) is 5.82 Å². The zero-order valence-corrected chi connectivity index (χ0v) is 13.4. The third-order valence-corrected chi connectivity index (χ3v) is 5.35. The number of rotatable bonds is 6. The Hall–Kier alpha value is -1.37. The molecule has 0 fully saturated rings. The van der Waals surface area contributed by atoms with E-state index in [1.807, 2.05) is 0 Å². The van der Waals surface area contributed by atoms with Gasteiger partial charge in [-0.25, -0.2) is 4.39 Å². The van der Waals surface area contributed by atoms with Crippen molar-refractivity contribution in [1.29, 1.82) is 0 Å². The number of nitrogens with zero attached hydrogens (tertiary/aromatic N) is 2. The lowest BCUT2D eigenvalue weighted by Gasteiger charge is -1.98. The summed E-state index contributed by atoms with van der Waals surface area (Å²) in [6.45, 7) is 4.12. The largest absolute Gasteiger partial charge is 0.316 e. The molecule has 0 radical (unpaired) electrons. The van der Waals surface area contributed by atoms with Gasteiger partial charge in [-0.05, 0) is 36.6 Å². The minimum atomic E-state index is -0.198. The summed E-state index contributed by atoms with van der Waals surface area (Å²) in [7, 11) is 0. The van der Waals surface area contributed by atoms with Crippen LogP contribution < -0.4 is 5.32 Å². The number of thiophene rings is 1. The van der Waals surface area contributed by atoms with Crippen LogP contribution in [0.2, 0.25) is 0 Å². The normalized spacial score (nSPS) is 11.3. The van der Waals surface area contributed by atoms with Crippen molar-refractivity contribution in [2.75, 3.05) is 13.1 Å². The SMILES string of the molecule is CCCNCCc1nnc(-c2cc3ccc(F)cc3s2)s1. The van der Waals surface area contributed by atoms with Crippen molar-refractivity contribution < 1.29 is 4.39 Å². The average Bonchev–Trinajstić information content (AvgIpc) is 3.09. The van der Waals surface area contributed by atoms with E-state index < -0.39 is 0 Å². The topological polar surface area (TPSA) is 37.8 Å². The number of aromatic nitrogens is 2. The van der Waals surface area contributed by atoms with Crippen LogP contribution in [0.4, 0.5) is 4.39 Å². The molecule has 0 saturated heterocycles. The second kappa shape index (κ2) is 6.60. The molecular formula is C15H16FN3S2. The van der Waals surface area contributed by atoms with Gasteiger partial charge in [-0.2, -0.15) is 0 Å². The van der Waals surface area contributed by atoms with Crippen LogP contribution in [0.5, 0.6) is 0 Å². The molecule has 0 aliphatic heterocycles. The van der Waals surface area contributed by atoms with Gasteiger partial charge in [0.25, 0.3) is 0 Å². The van der Waals surface area contributed by atoms with E-state index in [9.17, 15) is 4.39 Å². The summed E-state index contributed by atoms with van der Waals surface area (Å²) in [5.41, 5.74) is 0. The van der Waals surface area contributed by atoms with Crippen molar-refractivity contribution in [3.05, 3.63) is 35.1 Å². The highest BCUT2D eigenvalue weighted by Gasteiger charge is 2.10. The molecule has 0 spiro atoms. The van der Waals surface area contributed by atoms with Gasteiger partial charge in [-0.3, -0.25) is 0 Å². The summed E-state index contributed by atoms with van der Waals surface area (Å²) in [4.78, 5) is 1.06. The lowest BCUT2D eigenvalue weighted by atomic mass is 10.2. The number of hydrogen-bond acceptors (Lipinski definition) is 5. The maximum absolute atomic E-state index is 13.2. The molecule has 2 aromatic heterocycles.